The lowest BCUT2D eigenvalue weighted by Gasteiger charge is -2.04. The first-order chi connectivity index (χ1) is 8.79. The van der Waals surface area contributed by atoms with Gasteiger partial charge in [-0.2, -0.15) is 0 Å². The Morgan fingerprint density at radius 2 is 2.39 bits per heavy atom. The lowest BCUT2D eigenvalue weighted by Crippen LogP contribution is -2.27. The molecule has 0 radical (unpaired) electrons. The molecule has 1 fully saturated rings. The third kappa shape index (κ3) is 4.26. The molecule has 2 rings (SSSR count). The standard InChI is InChI=1S/C10H18N6OS/c1-11-4-5-16-10(13-14-15-16)18-7-9(17)12-6-8-2-3-8/h8,11H,2-7H2,1H3,(H,12,17). The molecule has 8 heteroatoms. The van der Waals surface area contributed by atoms with Gasteiger partial charge in [0.2, 0.25) is 11.1 Å². The van der Waals surface area contributed by atoms with Gasteiger partial charge in [0.1, 0.15) is 0 Å². The number of likely N-dealkylation sites (N-methyl/N-ethyl adjacent to an activating group) is 1. The molecule has 0 bridgehead atoms. The van der Waals surface area contributed by atoms with Gasteiger partial charge in [0.05, 0.1) is 12.3 Å². The number of hydrogen-bond donors (Lipinski definition) is 2. The zero-order valence-electron chi connectivity index (χ0n) is 10.4. The molecule has 1 aliphatic carbocycles. The van der Waals surface area contributed by atoms with Crippen LogP contribution < -0.4 is 10.6 Å². The first-order valence-corrected chi connectivity index (χ1v) is 7.08. The van der Waals surface area contributed by atoms with E-state index < -0.39 is 0 Å². The van der Waals surface area contributed by atoms with Gasteiger partial charge >= 0.3 is 0 Å². The van der Waals surface area contributed by atoms with Crippen LogP contribution in [0.2, 0.25) is 0 Å². The summed E-state index contributed by atoms with van der Waals surface area (Å²) < 4.78 is 1.70. The number of nitrogens with one attached hydrogen (secondary N) is 2. The van der Waals surface area contributed by atoms with E-state index in [1.165, 1.54) is 24.6 Å². The second kappa shape index (κ2) is 6.69. The Hall–Kier alpha value is -1.15. The number of tetrazole rings is 1. The van der Waals surface area contributed by atoms with Gasteiger partial charge in [-0.3, -0.25) is 4.79 Å². The van der Waals surface area contributed by atoms with E-state index in [2.05, 4.69) is 26.2 Å². The predicted octanol–water partition coefficient (Wildman–Crippen LogP) is -0.489. The lowest BCUT2D eigenvalue weighted by molar-refractivity contribution is -0.118. The largest absolute Gasteiger partial charge is 0.355 e. The van der Waals surface area contributed by atoms with Gasteiger partial charge < -0.3 is 10.6 Å². The van der Waals surface area contributed by atoms with E-state index in [-0.39, 0.29) is 5.91 Å². The first kappa shape index (κ1) is 13.3. The summed E-state index contributed by atoms with van der Waals surface area (Å²) in [6.45, 7) is 2.31. The smallest absolute Gasteiger partial charge is 0.230 e. The second-order valence-electron chi connectivity index (χ2n) is 4.32. The number of carbonyl (C=O) groups excluding carboxylic acids is 1. The fraction of sp³-hybridized carbons (Fsp3) is 0.800. The average Bonchev–Trinajstić information content (AvgIpc) is 3.10. The van der Waals surface area contributed by atoms with Gasteiger partial charge in [-0.1, -0.05) is 11.8 Å². The highest BCUT2D eigenvalue weighted by Crippen LogP contribution is 2.27. The molecule has 0 aromatic carbocycles. The Morgan fingerprint density at radius 1 is 1.56 bits per heavy atom. The Bertz CT molecular complexity index is 391. The zero-order chi connectivity index (χ0) is 12.8. The maximum Gasteiger partial charge on any atom is 0.230 e. The van der Waals surface area contributed by atoms with Crippen LogP contribution in [0.4, 0.5) is 0 Å². The highest BCUT2D eigenvalue weighted by Gasteiger charge is 2.21. The van der Waals surface area contributed by atoms with Gasteiger partial charge in [-0.15, -0.1) is 5.10 Å². The summed E-state index contributed by atoms with van der Waals surface area (Å²) in [5.41, 5.74) is 0. The van der Waals surface area contributed by atoms with Crippen molar-refractivity contribution >= 4 is 17.7 Å². The molecule has 0 saturated heterocycles. The van der Waals surface area contributed by atoms with E-state index in [1.807, 2.05) is 7.05 Å². The highest BCUT2D eigenvalue weighted by atomic mass is 32.2. The molecule has 2 N–H and O–H groups in total. The summed E-state index contributed by atoms with van der Waals surface area (Å²) in [7, 11) is 1.88. The van der Waals surface area contributed by atoms with Crippen LogP contribution in [-0.2, 0) is 11.3 Å². The Labute approximate surface area is 110 Å². The van der Waals surface area contributed by atoms with E-state index in [9.17, 15) is 4.79 Å². The van der Waals surface area contributed by atoms with E-state index in [0.29, 0.717) is 23.4 Å². The van der Waals surface area contributed by atoms with Crippen molar-refractivity contribution in [2.24, 2.45) is 5.92 Å². The summed E-state index contributed by atoms with van der Waals surface area (Å²) in [4.78, 5) is 11.6. The van der Waals surface area contributed by atoms with Gasteiger partial charge in [0, 0.05) is 13.1 Å². The number of amides is 1. The number of aromatic nitrogens is 4. The van der Waals surface area contributed by atoms with Crippen LogP contribution in [0, 0.1) is 5.92 Å². The summed E-state index contributed by atoms with van der Waals surface area (Å²) >= 11 is 1.37. The molecule has 1 aromatic heterocycles. The van der Waals surface area contributed by atoms with Crippen LogP contribution in [-0.4, -0.2) is 52.0 Å². The van der Waals surface area contributed by atoms with Crippen molar-refractivity contribution in [3.8, 4) is 0 Å². The number of nitrogens with zero attached hydrogens (tertiary/aromatic N) is 4. The Balaban J connectivity index is 1.70. The quantitative estimate of drug-likeness (QED) is 0.620. The van der Waals surface area contributed by atoms with Gasteiger partial charge in [0.15, 0.2) is 0 Å². The summed E-state index contributed by atoms with van der Waals surface area (Å²) in [5, 5.41) is 18.0. The van der Waals surface area contributed by atoms with E-state index in [1.54, 1.807) is 4.68 Å². The molecule has 0 unspecified atom stereocenters. The molecule has 0 spiro atoms. The van der Waals surface area contributed by atoms with Crippen molar-refractivity contribution in [1.82, 2.24) is 30.8 Å². The number of hydrogen-bond acceptors (Lipinski definition) is 6. The second-order valence-corrected chi connectivity index (χ2v) is 5.27. The minimum absolute atomic E-state index is 0.0510. The van der Waals surface area contributed by atoms with Crippen molar-refractivity contribution in [3.05, 3.63) is 0 Å². The van der Waals surface area contributed by atoms with Gasteiger partial charge in [-0.25, -0.2) is 4.68 Å². The number of rotatable bonds is 8. The normalized spacial score (nSPS) is 14.7. The van der Waals surface area contributed by atoms with Crippen LogP contribution in [0.25, 0.3) is 0 Å². The van der Waals surface area contributed by atoms with E-state index in [0.717, 1.165) is 13.1 Å². The molecular weight excluding hydrogens is 252 g/mol. The topological polar surface area (TPSA) is 84.7 Å². The minimum Gasteiger partial charge on any atom is -0.355 e. The van der Waals surface area contributed by atoms with Crippen molar-refractivity contribution in [2.45, 2.75) is 24.5 Å². The van der Waals surface area contributed by atoms with Crippen LogP contribution >= 0.6 is 11.8 Å². The maximum atomic E-state index is 11.6. The van der Waals surface area contributed by atoms with Crippen molar-refractivity contribution < 1.29 is 4.79 Å². The summed E-state index contributed by atoms with van der Waals surface area (Å²) in [6, 6.07) is 0. The molecule has 1 saturated carbocycles. The fourth-order valence-electron chi connectivity index (χ4n) is 1.42. The third-order valence-corrected chi connectivity index (χ3v) is 3.65. The predicted molar refractivity (Wildman–Crippen MR) is 68.2 cm³/mol. The molecule has 1 heterocycles. The average molecular weight is 270 g/mol. The molecule has 100 valence electrons. The van der Waals surface area contributed by atoms with E-state index in [4.69, 9.17) is 0 Å². The zero-order valence-corrected chi connectivity index (χ0v) is 11.2. The number of thioether (sulfide) groups is 1. The van der Waals surface area contributed by atoms with Crippen molar-refractivity contribution in [1.29, 1.82) is 0 Å². The lowest BCUT2D eigenvalue weighted by atomic mass is 10.4. The van der Waals surface area contributed by atoms with Crippen molar-refractivity contribution in [2.75, 3.05) is 25.9 Å². The maximum absolute atomic E-state index is 11.6. The molecule has 1 aromatic rings. The summed E-state index contributed by atoms with van der Waals surface area (Å²) in [6.07, 6.45) is 2.49. The van der Waals surface area contributed by atoms with E-state index >= 15 is 0 Å². The molecule has 1 aliphatic rings. The van der Waals surface area contributed by atoms with Crippen molar-refractivity contribution in [3.63, 3.8) is 0 Å². The number of carbonyl (C=O) groups is 1. The minimum atomic E-state index is 0.0510. The SMILES string of the molecule is CNCCn1nnnc1SCC(=O)NCC1CC1. The van der Waals surface area contributed by atoms with Gasteiger partial charge in [0.25, 0.3) is 0 Å². The summed E-state index contributed by atoms with van der Waals surface area (Å²) in [5.74, 6) is 1.13. The third-order valence-electron chi connectivity index (χ3n) is 2.69. The first-order valence-electron chi connectivity index (χ1n) is 6.10. The van der Waals surface area contributed by atoms with Crippen LogP contribution in [0.3, 0.4) is 0 Å². The van der Waals surface area contributed by atoms with Crippen LogP contribution in [0.5, 0.6) is 0 Å². The van der Waals surface area contributed by atoms with Crippen LogP contribution in [0.1, 0.15) is 12.8 Å². The monoisotopic (exact) mass is 270 g/mol. The molecule has 7 nitrogen and oxygen atoms in total. The molecule has 18 heavy (non-hydrogen) atoms. The molecule has 1 amide bonds. The van der Waals surface area contributed by atoms with Crippen LogP contribution in [0.15, 0.2) is 5.16 Å². The highest BCUT2D eigenvalue weighted by molar-refractivity contribution is 7.99. The Kier molecular flexibility index (Phi) is 4.94. The Morgan fingerprint density at radius 3 is 3.11 bits per heavy atom. The molecule has 0 aliphatic heterocycles. The fourth-order valence-corrected chi connectivity index (χ4v) is 2.15. The molecular formula is C10H18N6OS. The molecule has 0 atom stereocenters. The van der Waals surface area contributed by atoms with Gasteiger partial charge in [-0.05, 0) is 36.2 Å².